The molecule has 3 aromatic rings. The Bertz CT molecular complexity index is 1030. The zero-order chi connectivity index (χ0) is 21.6. The van der Waals surface area contributed by atoms with E-state index in [4.69, 9.17) is 16.2 Å². The molecule has 2 aromatic carbocycles. The van der Waals surface area contributed by atoms with E-state index in [9.17, 15) is 4.79 Å². The molecule has 160 valence electrons. The molecule has 6 N–H and O–H groups in total. The molecule has 1 aromatic heterocycles. The van der Waals surface area contributed by atoms with Crippen LogP contribution >= 0.6 is 0 Å². The standard InChI is InChI=1S/C23H26N6O2/c24-17-3-1-2-4-20(17)29-23(30)16-7-5-15(6-8-16)19-9-10-27-22(28-19)13-18(25)21-14-31-12-11-26-21/h1-10,18,21,26H,11-14,24-25H2,(H,29,30). The van der Waals surface area contributed by atoms with E-state index in [-0.39, 0.29) is 18.0 Å². The second-order valence-electron chi connectivity index (χ2n) is 7.48. The van der Waals surface area contributed by atoms with Crippen LogP contribution in [0.1, 0.15) is 16.2 Å². The number of amides is 1. The molecule has 2 atom stereocenters. The lowest BCUT2D eigenvalue weighted by Gasteiger charge is -2.28. The molecule has 1 aliphatic heterocycles. The quantitative estimate of drug-likeness (QED) is 0.450. The maximum absolute atomic E-state index is 12.5. The first-order chi connectivity index (χ1) is 15.1. The zero-order valence-electron chi connectivity index (χ0n) is 17.1. The SMILES string of the molecule is Nc1ccccc1NC(=O)c1ccc(-c2ccnc(CC(N)C3COCCN3)n2)cc1. The first-order valence-corrected chi connectivity index (χ1v) is 10.2. The van der Waals surface area contributed by atoms with Crippen LogP contribution < -0.4 is 22.1 Å². The highest BCUT2D eigenvalue weighted by atomic mass is 16.5. The van der Waals surface area contributed by atoms with Crippen molar-refractivity contribution in [1.82, 2.24) is 15.3 Å². The minimum Gasteiger partial charge on any atom is -0.397 e. The number of nitrogens with two attached hydrogens (primary N) is 2. The highest BCUT2D eigenvalue weighted by Gasteiger charge is 2.21. The summed E-state index contributed by atoms with van der Waals surface area (Å²) in [5.41, 5.74) is 15.5. The normalized spacial score (nSPS) is 17.1. The van der Waals surface area contributed by atoms with Crippen molar-refractivity contribution in [2.75, 3.05) is 30.8 Å². The van der Waals surface area contributed by atoms with Gasteiger partial charge >= 0.3 is 0 Å². The van der Waals surface area contributed by atoms with Gasteiger partial charge in [0, 0.05) is 42.4 Å². The Labute approximate surface area is 181 Å². The number of para-hydroxylation sites is 2. The Morgan fingerprint density at radius 2 is 2.00 bits per heavy atom. The van der Waals surface area contributed by atoms with Crippen LogP contribution in [-0.4, -0.2) is 47.7 Å². The number of nitrogens with zero attached hydrogens (tertiary/aromatic N) is 2. The van der Waals surface area contributed by atoms with Crippen LogP contribution in [0, 0.1) is 0 Å². The lowest BCUT2D eigenvalue weighted by molar-refractivity contribution is 0.0684. The average molecular weight is 419 g/mol. The lowest BCUT2D eigenvalue weighted by Crippen LogP contribution is -2.53. The summed E-state index contributed by atoms with van der Waals surface area (Å²) in [4.78, 5) is 21.5. The third-order valence-corrected chi connectivity index (χ3v) is 5.24. The number of hydrogen-bond donors (Lipinski definition) is 4. The van der Waals surface area contributed by atoms with Crippen LogP contribution in [0.3, 0.4) is 0 Å². The molecule has 1 saturated heterocycles. The highest BCUT2D eigenvalue weighted by molar-refractivity contribution is 6.05. The fourth-order valence-electron chi connectivity index (χ4n) is 3.47. The molecule has 0 bridgehead atoms. The van der Waals surface area contributed by atoms with E-state index >= 15 is 0 Å². The Morgan fingerprint density at radius 1 is 1.19 bits per heavy atom. The number of benzene rings is 2. The first kappa shape index (κ1) is 20.9. The Kier molecular flexibility index (Phi) is 6.51. The van der Waals surface area contributed by atoms with Gasteiger partial charge in [-0.2, -0.15) is 0 Å². The van der Waals surface area contributed by atoms with Gasteiger partial charge in [-0.15, -0.1) is 0 Å². The van der Waals surface area contributed by atoms with Crippen molar-refractivity contribution < 1.29 is 9.53 Å². The van der Waals surface area contributed by atoms with Crippen LogP contribution in [-0.2, 0) is 11.2 Å². The molecular formula is C23H26N6O2. The van der Waals surface area contributed by atoms with Gasteiger partial charge in [0.1, 0.15) is 5.82 Å². The molecule has 1 fully saturated rings. The number of hydrogen-bond acceptors (Lipinski definition) is 7. The number of nitrogen functional groups attached to an aromatic ring is 1. The molecule has 1 aliphatic rings. The van der Waals surface area contributed by atoms with Gasteiger partial charge in [0.2, 0.25) is 0 Å². The van der Waals surface area contributed by atoms with E-state index in [0.717, 1.165) is 17.8 Å². The summed E-state index contributed by atoms with van der Waals surface area (Å²) >= 11 is 0. The molecule has 4 rings (SSSR count). The molecule has 0 saturated carbocycles. The summed E-state index contributed by atoms with van der Waals surface area (Å²) in [6, 6.07) is 16.2. The van der Waals surface area contributed by atoms with Crippen molar-refractivity contribution in [3.05, 3.63) is 72.2 Å². The molecule has 8 heteroatoms. The number of carbonyl (C=O) groups excluding carboxylic acids is 1. The van der Waals surface area contributed by atoms with E-state index < -0.39 is 0 Å². The third kappa shape index (κ3) is 5.24. The lowest BCUT2D eigenvalue weighted by atomic mass is 10.0. The zero-order valence-corrected chi connectivity index (χ0v) is 17.1. The second kappa shape index (κ2) is 9.65. The molecule has 2 unspecified atom stereocenters. The Hall–Kier alpha value is -3.33. The van der Waals surface area contributed by atoms with Gasteiger partial charge in [-0.3, -0.25) is 4.79 Å². The molecular weight excluding hydrogens is 392 g/mol. The summed E-state index contributed by atoms with van der Waals surface area (Å²) in [6.07, 6.45) is 2.28. The average Bonchev–Trinajstić information content (AvgIpc) is 2.81. The van der Waals surface area contributed by atoms with Crippen LogP contribution in [0.15, 0.2) is 60.8 Å². The number of nitrogens with one attached hydrogen (secondary N) is 2. The van der Waals surface area contributed by atoms with Crippen molar-refractivity contribution in [1.29, 1.82) is 0 Å². The van der Waals surface area contributed by atoms with Gasteiger partial charge in [0.25, 0.3) is 5.91 Å². The van der Waals surface area contributed by atoms with Crippen LogP contribution in [0.4, 0.5) is 11.4 Å². The molecule has 2 heterocycles. The van der Waals surface area contributed by atoms with E-state index in [0.29, 0.717) is 42.4 Å². The third-order valence-electron chi connectivity index (χ3n) is 5.24. The Balaban J connectivity index is 1.43. The molecule has 0 aliphatic carbocycles. The van der Waals surface area contributed by atoms with E-state index in [1.807, 2.05) is 30.3 Å². The van der Waals surface area contributed by atoms with Gasteiger partial charge < -0.3 is 26.8 Å². The van der Waals surface area contributed by atoms with Gasteiger partial charge in [0.15, 0.2) is 0 Å². The first-order valence-electron chi connectivity index (χ1n) is 10.2. The smallest absolute Gasteiger partial charge is 0.255 e. The fraction of sp³-hybridized carbons (Fsp3) is 0.261. The minimum absolute atomic E-state index is 0.0949. The summed E-state index contributed by atoms with van der Waals surface area (Å²) in [5, 5.41) is 6.20. The molecule has 0 radical (unpaired) electrons. The fourth-order valence-corrected chi connectivity index (χ4v) is 3.47. The minimum atomic E-state index is -0.221. The van der Waals surface area contributed by atoms with Crippen molar-refractivity contribution in [2.24, 2.45) is 5.73 Å². The van der Waals surface area contributed by atoms with Gasteiger partial charge in [0.05, 0.1) is 30.3 Å². The summed E-state index contributed by atoms with van der Waals surface area (Å²) in [7, 11) is 0. The predicted molar refractivity (Wildman–Crippen MR) is 121 cm³/mol. The van der Waals surface area contributed by atoms with Crippen molar-refractivity contribution in [3.8, 4) is 11.3 Å². The number of aromatic nitrogens is 2. The maximum atomic E-state index is 12.5. The van der Waals surface area contributed by atoms with Crippen LogP contribution in [0.2, 0.25) is 0 Å². The monoisotopic (exact) mass is 418 g/mol. The number of anilines is 2. The van der Waals surface area contributed by atoms with Gasteiger partial charge in [-0.05, 0) is 30.3 Å². The van der Waals surface area contributed by atoms with Crippen LogP contribution in [0.5, 0.6) is 0 Å². The molecule has 8 nitrogen and oxygen atoms in total. The summed E-state index contributed by atoms with van der Waals surface area (Å²) < 4.78 is 5.49. The number of carbonyl (C=O) groups is 1. The predicted octanol–water partition coefficient (Wildman–Crippen LogP) is 1.84. The van der Waals surface area contributed by atoms with Crippen LogP contribution in [0.25, 0.3) is 11.3 Å². The van der Waals surface area contributed by atoms with E-state index in [1.165, 1.54) is 0 Å². The number of morpholine rings is 1. The highest BCUT2D eigenvalue weighted by Crippen LogP contribution is 2.20. The maximum Gasteiger partial charge on any atom is 0.255 e. The van der Waals surface area contributed by atoms with E-state index in [1.54, 1.807) is 30.5 Å². The van der Waals surface area contributed by atoms with E-state index in [2.05, 4.69) is 20.6 Å². The summed E-state index contributed by atoms with van der Waals surface area (Å²) in [6.45, 7) is 2.11. The van der Waals surface area contributed by atoms with Gasteiger partial charge in [-0.25, -0.2) is 9.97 Å². The number of ether oxygens (including phenoxy) is 1. The molecule has 0 spiro atoms. The largest absolute Gasteiger partial charge is 0.397 e. The second-order valence-corrected chi connectivity index (χ2v) is 7.48. The topological polar surface area (TPSA) is 128 Å². The Morgan fingerprint density at radius 3 is 2.74 bits per heavy atom. The number of rotatable bonds is 6. The molecule has 1 amide bonds. The van der Waals surface area contributed by atoms with Crippen molar-refractivity contribution in [2.45, 2.75) is 18.5 Å². The molecule has 31 heavy (non-hydrogen) atoms. The van der Waals surface area contributed by atoms with Crippen molar-refractivity contribution in [3.63, 3.8) is 0 Å². The summed E-state index contributed by atoms with van der Waals surface area (Å²) in [5.74, 6) is 0.458. The van der Waals surface area contributed by atoms with Crippen molar-refractivity contribution >= 4 is 17.3 Å². The van der Waals surface area contributed by atoms with Gasteiger partial charge in [-0.1, -0.05) is 24.3 Å².